The molecule has 2 heterocycles. The molecule has 21 heavy (non-hydrogen) atoms. The largest absolute Gasteiger partial charge is 0.358 e. The summed E-state index contributed by atoms with van der Waals surface area (Å²) in [6.45, 7) is 2.67. The van der Waals surface area contributed by atoms with E-state index < -0.39 is 0 Å². The monoisotopic (exact) mass is 409 g/mol. The smallest absolute Gasteiger partial charge is 0.239 e. The Morgan fingerprint density at radius 1 is 1.52 bits per heavy atom. The number of guanidine groups is 1. The second kappa shape index (κ2) is 7.81. The van der Waals surface area contributed by atoms with E-state index in [4.69, 9.17) is 0 Å². The normalized spacial score (nSPS) is 25.3. The third-order valence-electron chi connectivity index (χ3n) is 4.05. The van der Waals surface area contributed by atoms with Crippen molar-refractivity contribution in [2.45, 2.75) is 19.3 Å². The van der Waals surface area contributed by atoms with Crippen molar-refractivity contribution in [2.75, 3.05) is 40.3 Å². The van der Waals surface area contributed by atoms with Gasteiger partial charge in [0.25, 0.3) is 0 Å². The number of nitrogens with one attached hydrogen (secondary N) is 3. The Hall–Kier alpha value is -1.06. The number of likely N-dealkylation sites (N-methyl/N-ethyl adjacent to an activating group) is 1. The molecule has 0 aromatic heterocycles. The van der Waals surface area contributed by atoms with E-state index in [1.165, 1.54) is 0 Å². The fourth-order valence-electron chi connectivity index (χ4n) is 3.01. The molecule has 2 aliphatic heterocycles. The zero-order valence-corrected chi connectivity index (χ0v) is 14.9. The van der Waals surface area contributed by atoms with Crippen molar-refractivity contribution in [2.24, 2.45) is 10.4 Å². The molecule has 2 rings (SSSR count). The summed E-state index contributed by atoms with van der Waals surface area (Å²) >= 11 is 0. The molecule has 2 fully saturated rings. The third-order valence-corrected chi connectivity index (χ3v) is 4.05. The highest BCUT2D eigenvalue weighted by atomic mass is 127. The van der Waals surface area contributed by atoms with Gasteiger partial charge in [-0.2, -0.15) is 0 Å². The van der Waals surface area contributed by atoms with E-state index in [-0.39, 0.29) is 47.8 Å². The van der Waals surface area contributed by atoms with Gasteiger partial charge in [-0.1, -0.05) is 0 Å². The first kappa shape index (κ1) is 18.0. The fraction of sp³-hybridized carbons (Fsp3) is 0.769. The van der Waals surface area contributed by atoms with Gasteiger partial charge in [0.2, 0.25) is 11.8 Å². The van der Waals surface area contributed by atoms with Crippen LogP contribution in [0.25, 0.3) is 0 Å². The van der Waals surface area contributed by atoms with Crippen LogP contribution >= 0.6 is 24.0 Å². The summed E-state index contributed by atoms with van der Waals surface area (Å²) in [6.07, 6.45) is 2.69. The van der Waals surface area contributed by atoms with Gasteiger partial charge in [-0.25, -0.2) is 0 Å². The molecule has 120 valence electrons. The van der Waals surface area contributed by atoms with Gasteiger partial charge in [-0.3, -0.25) is 14.6 Å². The summed E-state index contributed by atoms with van der Waals surface area (Å²) in [4.78, 5) is 29.2. The van der Waals surface area contributed by atoms with E-state index in [0.29, 0.717) is 6.42 Å². The Kier molecular flexibility index (Phi) is 6.69. The minimum atomic E-state index is -0.0735. The predicted molar refractivity (Wildman–Crippen MR) is 91.7 cm³/mol. The molecule has 0 aliphatic carbocycles. The van der Waals surface area contributed by atoms with Crippen molar-refractivity contribution >= 4 is 41.8 Å². The lowest BCUT2D eigenvalue weighted by atomic mass is 9.79. The molecule has 0 aromatic carbocycles. The maximum Gasteiger partial charge on any atom is 0.239 e. The Balaban J connectivity index is 0.00000220. The molecular weight excluding hydrogens is 385 g/mol. The summed E-state index contributed by atoms with van der Waals surface area (Å²) in [5.41, 5.74) is 0.0277. The van der Waals surface area contributed by atoms with Gasteiger partial charge in [0.05, 0.1) is 6.54 Å². The molecular formula is C13H24IN5O2. The molecule has 1 unspecified atom stereocenters. The number of carbonyl (C=O) groups is 2. The van der Waals surface area contributed by atoms with Crippen LogP contribution in [0, 0.1) is 5.41 Å². The van der Waals surface area contributed by atoms with E-state index in [2.05, 4.69) is 25.8 Å². The molecule has 0 saturated carbocycles. The Morgan fingerprint density at radius 2 is 2.29 bits per heavy atom. The maximum atomic E-state index is 11.5. The highest BCUT2D eigenvalue weighted by Gasteiger charge is 2.42. The fourth-order valence-corrected chi connectivity index (χ4v) is 3.01. The molecule has 2 aliphatic rings. The molecule has 1 spiro atoms. The van der Waals surface area contributed by atoms with E-state index in [1.807, 2.05) is 0 Å². The number of aliphatic imine (C=N–C) groups is 1. The van der Waals surface area contributed by atoms with Crippen LogP contribution in [-0.4, -0.2) is 62.9 Å². The van der Waals surface area contributed by atoms with Crippen LogP contribution in [0.3, 0.4) is 0 Å². The molecule has 3 N–H and O–H groups in total. The van der Waals surface area contributed by atoms with Crippen LogP contribution in [0.5, 0.6) is 0 Å². The first-order valence-corrected chi connectivity index (χ1v) is 7.01. The van der Waals surface area contributed by atoms with Crippen LogP contribution in [0.2, 0.25) is 0 Å². The topological polar surface area (TPSA) is 85.8 Å². The SMILES string of the molecule is CN=C(NCC(=O)NC)N1CCCC2(CNC(=O)C2)C1.I. The van der Waals surface area contributed by atoms with Crippen molar-refractivity contribution in [3.8, 4) is 0 Å². The zero-order chi connectivity index (χ0) is 14.6. The van der Waals surface area contributed by atoms with Gasteiger partial charge in [0.1, 0.15) is 0 Å². The van der Waals surface area contributed by atoms with Gasteiger partial charge < -0.3 is 20.9 Å². The summed E-state index contributed by atoms with van der Waals surface area (Å²) < 4.78 is 0. The second-order valence-electron chi connectivity index (χ2n) is 5.55. The van der Waals surface area contributed by atoms with E-state index in [9.17, 15) is 9.59 Å². The number of nitrogens with zero attached hydrogens (tertiary/aromatic N) is 2. The first-order valence-electron chi connectivity index (χ1n) is 7.01. The predicted octanol–water partition coefficient (Wildman–Crippen LogP) is -0.472. The highest BCUT2D eigenvalue weighted by Crippen LogP contribution is 2.35. The Bertz CT molecular complexity index is 429. The van der Waals surface area contributed by atoms with Gasteiger partial charge in [-0.15, -0.1) is 24.0 Å². The molecule has 0 aromatic rings. The van der Waals surface area contributed by atoms with Gasteiger partial charge in [0, 0.05) is 45.6 Å². The first-order chi connectivity index (χ1) is 9.58. The highest BCUT2D eigenvalue weighted by molar-refractivity contribution is 14.0. The van der Waals surface area contributed by atoms with Crippen LogP contribution in [-0.2, 0) is 9.59 Å². The third kappa shape index (κ3) is 4.45. The van der Waals surface area contributed by atoms with Gasteiger partial charge in [-0.05, 0) is 12.8 Å². The van der Waals surface area contributed by atoms with Crippen molar-refractivity contribution in [1.82, 2.24) is 20.9 Å². The molecule has 0 bridgehead atoms. The van der Waals surface area contributed by atoms with Crippen molar-refractivity contribution < 1.29 is 9.59 Å². The summed E-state index contributed by atoms with van der Waals surface area (Å²) in [6, 6.07) is 0. The quantitative estimate of drug-likeness (QED) is 0.327. The standard InChI is InChI=1S/C13H23N5O2.HI/c1-14-11(20)7-16-12(15-2)18-5-3-4-13(9-18)6-10(19)17-8-13;/h3-9H2,1-2H3,(H,14,20)(H,15,16)(H,17,19);1H. The summed E-state index contributed by atoms with van der Waals surface area (Å²) in [7, 11) is 3.32. The molecule has 2 saturated heterocycles. The minimum absolute atomic E-state index is 0. The number of rotatable bonds is 2. The van der Waals surface area contributed by atoms with Crippen LogP contribution in [0.4, 0.5) is 0 Å². The maximum absolute atomic E-state index is 11.5. The average molecular weight is 409 g/mol. The summed E-state index contributed by atoms with van der Waals surface area (Å²) in [5, 5.41) is 8.57. The summed E-state index contributed by atoms with van der Waals surface area (Å²) in [5.74, 6) is 0.794. The molecule has 1 atom stereocenters. The van der Waals surface area contributed by atoms with E-state index >= 15 is 0 Å². The van der Waals surface area contributed by atoms with Crippen LogP contribution in [0.15, 0.2) is 4.99 Å². The molecule has 8 heteroatoms. The lowest BCUT2D eigenvalue weighted by Gasteiger charge is -2.40. The second-order valence-corrected chi connectivity index (χ2v) is 5.55. The van der Waals surface area contributed by atoms with E-state index in [0.717, 1.165) is 38.4 Å². The lowest BCUT2D eigenvalue weighted by molar-refractivity contribution is -0.120. The number of piperidine rings is 1. The Morgan fingerprint density at radius 3 is 2.86 bits per heavy atom. The molecule has 2 amide bonds. The average Bonchev–Trinajstić information content (AvgIpc) is 2.80. The van der Waals surface area contributed by atoms with E-state index in [1.54, 1.807) is 14.1 Å². The van der Waals surface area contributed by atoms with Crippen LogP contribution in [0.1, 0.15) is 19.3 Å². The van der Waals surface area contributed by atoms with Gasteiger partial charge >= 0.3 is 0 Å². The van der Waals surface area contributed by atoms with Crippen molar-refractivity contribution in [3.63, 3.8) is 0 Å². The van der Waals surface area contributed by atoms with Gasteiger partial charge in [0.15, 0.2) is 5.96 Å². The number of amides is 2. The number of hydrogen-bond donors (Lipinski definition) is 3. The minimum Gasteiger partial charge on any atom is -0.358 e. The molecule has 0 radical (unpaired) electrons. The Labute approximate surface area is 142 Å². The zero-order valence-electron chi connectivity index (χ0n) is 12.6. The number of likely N-dealkylation sites (tertiary alicyclic amines) is 1. The van der Waals surface area contributed by atoms with Crippen molar-refractivity contribution in [1.29, 1.82) is 0 Å². The number of hydrogen-bond acceptors (Lipinski definition) is 3. The molecule has 7 nitrogen and oxygen atoms in total. The lowest BCUT2D eigenvalue weighted by Crippen LogP contribution is -2.52. The van der Waals surface area contributed by atoms with Crippen molar-refractivity contribution in [3.05, 3.63) is 0 Å². The van der Waals surface area contributed by atoms with Crippen LogP contribution < -0.4 is 16.0 Å². The number of carbonyl (C=O) groups excluding carboxylic acids is 2. The number of halogens is 1.